The molecule has 518 valence electrons. The molecule has 0 aliphatic heterocycles. The number of carbonyl (C=O) groups is 6. The number of carbonyl (C=O) groups excluding carboxylic acids is 6. The first-order valence-corrected chi connectivity index (χ1v) is 36.7. The molecule has 22 nitrogen and oxygen atoms in total. The number of hydrogen-bond donors (Lipinski definition) is 7. The Balaban J connectivity index is 0.735. The van der Waals surface area contributed by atoms with Crippen LogP contribution in [-0.4, -0.2) is 139 Å². The van der Waals surface area contributed by atoms with Crippen LogP contribution in [0.25, 0.3) is 10.0 Å². The highest BCUT2D eigenvalue weighted by Gasteiger charge is 2.37. The first-order valence-electron chi connectivity index (χ1n) is 33.4. The maximum absolute atomic E-state index is 14.5. The number of benzene rings is 4. The van der Waals surface area contributed by atoms with Gasteiger partial charge in [-0.25, -0.2) is 29.1 Å². The summed E-state index contributed by atoms with van der Waals surface area (Å²) >= 11 is 5.59. The van der Waals surface area contributed by atoms with E-state index in [2.05, 4.69) is 51.8 Å². The molecule has 0 bridgehead atoms. The third kappa shape index (κ3) is 23.8. The monoisotopic (exact) mass is 1410 g/mol. The Bertz CT molecular complexity index is 3730. The lowest BCUT2D eigenvalue weighted by Gasteiger charge is -2.28. The Labute approximate surface area is 587 Å². The van der Waals surface area contributed by atoms with E-state index in [4.69, 9.17) is 14.2 Å². The minimum atomic E-state index is -1.26. The Morgan fingerprint density at radius 1 is 0.480 bits per heavy atom. The van der Waals surface area contributed by atoms with Crippen LogP contribution in [0.2, 0.25) is 0 Å². The number of aliphatic hydroxyl groups is 1. The van der Waals surface area contributed by atoms with Gasteiger partial charge in [0.05, 0.1) is 47.1 Å². The number of amides is 8. The van der Waals surface area contributed by atoms with Crippen LogP contribution in [-0.2, 0) is 75.8 Å². The molecule has 0 radical (unpaired) electrons. The van der Waals surface area contributed by atoms with Crippen LogP contribution in [0.1, 0.15) is 107 Å². The maximum atomic E-state index is 14.5. The van der Waals surface area contributed by atoms with Crippen molar-refractivity contribution >= 4 is 81.4 Å². The number of urea groups is 2. The van der Waals surface area contributed by atoms with Gasteiger partial charge in [0.15, 0.2) is 10.0 Å². The third-order valence-corrected chi connectivity index (χ3v) is 20.2. The standard InChI is InChI=1S/C72H86N12O10S4/c1-48(2)42-92-45-64(82-70(89)83(57-27-28-57)39-59-35-73-46-95-59)66(87)78-54(32-50-17-9-4-10-18-50)24-26-56(34-52-21-13-6-14-22-52)80-72(91)94-44-62-38-76-68(98-62)67-75-37-60(97-67)40-84(58-29-30-58)69(88)81-63(41-85)65(86)77-53(31-49-15-7-3-8-16-49)23-25-55(33-51-19-11-5-12-20-51)79-71(90)93-43-61-36-74-47-96-61/h3-22,35-38,46-48,53-58,63-64,85H,23-34,39-45H2,1-2H3,(H,77,86)(H,78,87)(H,79,90)(H,80,91)(H,81,88)(H,82,89). The van der Waals surface area contributed by atoms with E-state index in [0.717, 1.165) is 62.6 Å². The van der Waals surface area contributed by atoms with Gasteiger partial charge in [-0.05, 0) is 105 Å². The molecule has 2 fully saturated rings. The quantitative estimate of drug-likeness (QED) is 0.0190. The van der Waals surface area contributed by atoms with Gasteiger partial charge in [0.2, 0.25) is 11.8 Å². The summed E-state index contributed by atoms with van der Waals surface area (Å²) in [5.74, 6) is -0.679. The molecule has 8 aromatic rings. The second kappa shape index (κ2) is 37.3. The van der Waals surface area contributed by atoms with Crippen molar-refractivity contribution in [3.8, 4) is 10.0 Å². The molecule has 4 heterocycles. The molecule has 0 saturated heterocycles. The fourth-order valence-corrected chi connectivity index (χ4v) is 14.2. The van der Waals surface area contributed by atoms with Crippen LogP contribution >= 0.6 is 45.3 Å². The maximum Gasteiger partial charge on any atom is 0.407 e. The molecule has 98 heavy (non-hydrogen) atoms. The van der Waals surface area contributed by atoms with E-state index in [0.29, 0.717) is 79.4 Å². The first kappa shape index (κ1) is 72.1. The second-order valence-corrected chi connectivity index (χ2v) is 29.4. The van der Waals surface area contributed by atoms with Crippen LogP contribution < -0.4 is 31.9 Å². The Morgan fingerprint density at radius 3 is 1.29 bits per heavy atom. The highest BCUT2D eigenvalue weighted by atomic mass is 32.1. The number of aliphatic hydroxyl groups excluding tert-OH is 1. The highest BCUT2D eigenvalue weighted by molar-refractivity contribution is 7.21. The summed E-state index contributed by atoms with van der Waals surface area (Å²) in [7, 11) is 0. The van der Waals surface area contributed by atoms with Crippen molar-refractivity contribution < 1.29 is 48.1 Å². The Hall–Kier alpha value is -8.66. The zero-order chi connectivity index (χ0) is 68.4. The van der Waals surface area contributed by atoms with Gasteiger partial charge < -0.3 is 61.0 Å². The smallest absolute Gasteiger partial charge is 0.407 e. The summed E-state index contributed by atoms with van der Waals surface area (Å²) in [5, 5.41) is 30.2. The SMILES string of the molecule is CC(C)COCC(NC(=O)N(Cc1cncs1)C1CC1)C(=O)NC(CCC(Cc1ccccc1)NC(=O)OCc1cnc(-c2ncc(CN(C(=O)NC(CO)C(=O)NC(CCC(Cc3ccccc3)NC(=O)OCc3cncs3)Cc3ccccc3)C3CC3)s2)s1)Cc1ccccc1. The summed E-state index contributed by atoms with van der Waals surface area (Å²) in [6.45, 7) is 4.48. The van der Waals surface area contributed by atoms with Crippen LogP contribution in [0.5, 0.6) is 0 Å². The van der Waals surface area contributed by atoms with Crippen LogP contribution in [0.4, 0.5) is 19.2 Å². The van der Waals surface area contributed by atoms with E-state index in [-0.39, 0.29) is 74.4 Å². The van der Waals surface area contributed by atoms with Crippen molar-refractivity contribution in [1.29, 1.82) is 0 Å². The topological polar surface area (TPSA) is 281 Å². The lowest BCUT2D eigenvalue weighted by Crippen LogP contribution is -2.55. The Kier molecular flexibility index (Phi) is 27.5. The first-order chi connectivity index (χ1) is 47.7. The molecule has 2 aliphatic carbocycles. The molecule has 10 rings (SSSR count). The predicted molar refractivity (Wildman–Crippen MR) is 379 cm³/mol. The average molecular weight is 1410 g/mol. The molecule has 6 unspecified atom stereocenters. The fourth-order valence-electron chi connectivity index (χ4n) is 11.3. The number of nitrogens with one attached hydrogen (secondary N) is 6. The van der Waals surface area contributed by atoms with Crippen LogP contribution in [0, 0.1) is 5.92 Å². The normalized spacial score (nSPS) is 14.6. The Morgan fingerprint density at radius 2 is 0.867 bits per heavy atom. The van der Waals surface area contributed by atoms with Gasteiger partial charge in [0.1, 0.15) is 25.3 Å². The predicted octanol–water partition coefficient (Wildman–Crippen LogP) is 11.0. The molecule has 2 saturated carbocycles. The van der Waals surface area contributed by atoms with Crippen LogP contribution in [0.3, 0.4) is 0 Å². The fraction of sp³-hybridized carbons (Fsp3) is 0.417. The third-order valence-electron chi connectivity index (χ3n) is 16.6. The van der Waals surface area contributed by atoms with Crippen molar-refractivity contribution in [3.05, 3.63) is 199 Å². The largest absolute Gasteiger partial charge is 0.444 e. The summed E-state index contributed by atoms with van der Waals surface area (Å²) < 4.78 is 17.4. The lowest BCUT2D eigenvalue weighted by molar-refractivity contribution is -0.125. The summed E-state index contributed by atoms with van der Waals surface area (Å²) in [5.41, 5.74) is 7.46. The zero-order valence-corrected chi connectivity index (χ0v) is 58.3. The summed E-state index contributed by atoms with van der Waals surface area (Å²) in [4.78, 5) is 108. The number of aromatic nitrogens is 4. The molecular formula is C72H86N12O10S4. The van der Waals surface area contributed by atoms with Gasteiger partial charge in [-0.15, -0.1) is 45.3 Å². The molecule has 4 aromatic heterocycles. The summed E-state index contributed by atoms with van der Waals surface area (Å²) in [6.07, 6.45) is 12.8. The average Bonchev–Trinajstić information content (AvgIpc) is 1.69. The van der Waals surface area contributed by atoms with E-state index in [1.165, 1.54) is 45.3 Å². The van der Waals surface area contributed by atoms with Crippen molar-refractivity contribution in [3.63, 3.8) is 0 Å². The summed E-state index contributed by atoms with van der Waals surface area (Å²) in [6, 6.07) is 34.7. The van der Waals surface area contributed by atoms with Crippen molar-refractivity contribution in [2.24, 2.45) is 5.92 Å². The molecular weight excluding hydrogens is 1320 g/mol. The second-order valence-electron chi connectivity index (χ2n) is 25.2. The zero-order valence-electron chi connectivity index (χ0n) is 55.1. The molecule has 4 aromatic carbocycles. The van der Waals surface area contributed by atoms with Crippen molar-refractivity contribution in [2.75, 3.05) is 19.8 Å². The molecule has 6 atom stereocenters. The van der Waals surface area contributed by atoms with Crippen LogP contribution in [0.15, 0.2) is 157 Å². The highest BCUT2D eigenvalue weighted by Crippen LogP contribution is 2.34. The number of hydrogen-bond acceptors (Lipinski definition) is 18. The van der Waals surface area contributed by atoms with E-state index in [1.807, 2.05) is 135 Å². The lowest BCUT2D eigenvalue weighted by atomic mass is 9.96. The van der Waals surface area contributed by atoms with Gasteiger partial charge in [0, 0.05) is 77.4 Å². The van der Waals surface area contributed by atoms with Gasteiger partial charge in [-0.2, -0.15) is 0 Å². The van der Waals surface area contributed by atoms with Gasteiger partial charge in [-0.1, -0.05) is 135 Å². The minimum Gasteiger partial charge on any atom is -0.444 e. The van der Waals surface area contributed by atoms with Crippen molar-refractivity contribution in [1.82, 2.24) is 61.6 Å². The molecule has 0 spiro atoms. The molecule has 2 aliphatic rings. The number of thiazole rings is 4. The van der Waals surface area contributed by atoms with E-state index in [9.17, 15) is 33.9 Å². The minimum absolute atomic E-state index is 0.00365. The number of alkyl carbamates (subject to hydrolysis) is 2. The number of nitrogens with zero attached hydrogens (tertiary/aromatic N) is 6. The molecule has 8 amide bonds. The van der Waals surface area contributed by atoms with Gasteiger partial charge >= 0.3 is 24.2 Å². The molecule has 7 N–H and O–H groups in total. The van der Waals surface area contributed by atoms with Crippen molar-refractivity contribution in [2.45, 2.75) is 166 Å². The number of ether oxygens (including phenoxy) is 3. The van der Waals surface area contributed by atoms with E-state index < -0.39 is 48.9 Å². The van der Waals surface area contributed by atoms with Gasteiger partial charge in [0.25, 0.3) is 0 Å². The van der Waals surface area contributed by atoms with Gasteiger partial charge in [-0.3, -0.25) is 19.6 Å². The molecule has 26 heteroatoms. The van der Waals surface area contributed by atoms with E-state index >= 15 is 0 Å². The van der Waals surface area contributed by atoms with E-state index in [1.54, 1.807) is 45.6 Å². The number of rotatable bonds is 38.